The van der Waals surface area contributed by atoms with Crippen molar-refractivity contribution in [1.29, 1.82) is 0 Å². The number of amides is 2. The van der Waals surface area contributed by atoms with E-state index in [9.17, 15) is 13.6 Å². The lowest BCUT2D eigenvalue weighted by molar-refractivity contribution is -0.0511. The third-order valence-electron chi connectivity index (χ3n) is 4.95. The Balaban J connectivity index is 1.53. The molecule has 2 aliphatic rings. The molecule has 120 valence electrons. The molecule has 1 aromatic rings. The zero-order valence-electron chi connectivity index (χ0n) is 12.3. The molecule has 1 atom stereocenters. The highest BCUT2D eigenvalue weighted by atomic mass is 19.1. The Bertz CT molecular complexity index is 539. The van der Waals surface area contributed by atoms with Gasteiger partial charge in [-0.25, -0.2) is 13.6 Å². The van der Waals surface area contributed by atoms with Gasteiger partial charge in [0.1, 0.15) is 11.6 Å². The Labute approximate surface area is 128 Å². The van der Waals surface area contributed by atoms with E-state index < -0.39 is 11.6 Å². The molecule has 0 radical (unpaired) electrons. The number of rotatable bonds is 3. The standard InChI is InChI=1S/C16H20F2N2O2/c17-12-2-1-3-13(18)11(12)10-19-15(21)20-14-4-5-16(14)6-8-22-9-7-16/h1-3,14H,4-10H2,(H2,19,20,21). The minimum Gasteiger partial charge on any atom is -0.381 e. The zero-order valence-corrected chi connectivity index (χ0v) is 12.3. The summed E-state index contributed by atoms with van der Waals surface area (Å²) in [6, 6.07) is 3.42. The summed E-state index contributed by atoms with van der Waals surface area (Å²) in [6.07, 6.45) is 3.96. The molecule has 0 aromatic heterocycles. The highest BCUT2D eigenvalue weighted by Gasteiger charge is 2.47. The van der Waals surface area contributed by atoms with E-state index in [1.54, 1.807) is 0 Å². The van der Waals surface area contributed by atoms with E-state index in [0.717, 1.165) is 38.9 Å². The first-order chi connectivity index (χ1) is 10.6. The molecule has 2 amide bonds. The predicted molar refractivity (Wildman–Crippen MR) is 77.2 cm³/mol. The van der Waals surface area contributed by atoms with Crippen molar-refractivity contribution < 1.29 is 18.3 Å². The number of ether oxygens (including phenoxy) is 1. The fourth-order valence-electron chi connectivity index (χ4n) is 3.38. The summed E-state index contributed by atoms with van der Waals surface area (Å²) in [6.45, 7) is 1.31. The molecule has 3 rings (SSSR count). The van der Waals surface area contributed by atoms with E-state index in [0.29, 0.717) is 0 Å². The highest BCUT2D eigenvalue weighted by molar-refractivity contribution is 5.74. The molecule has 2 N–H and O–H groups in total. The van der Waals surface area contributed by atoms with Gasteiger partial charge in [-0.3, -0.25) is 0 Å². The number of nitrogens with one attached hydrogen (secondary N) is 2. The maximum atomic E-state index is 13.5. The maximum absolute atomic E-state index is 13.5. The summed E-state index contributed by atoms with van der Waals surface area (Å²) in [5, 5.41) is 5.48. The topological polar surface area (TPSA) is 50.4 Å². The van der Waals surface area contributed by atoms with Crippen molar-refractivity contribution in [1.82, 2.24) is 10.6 Å². The molecule has 1 saturated heterocycles. The molecular weight excluding hydrogens is 290 g/mol. The molecule has 2 fully saturated rings. The maximum Gasteiger partial charge on any atom is 0.315 e. The fraction of sp³-hybridized carbons (Fsp3) is 0.562. The molecule has 1 aliphatic carbocycles. The van der Waals surface area contributed by atoms with Crippen LogP contribution in [0.1, 0.15) is 31.2 Å². The molecule has 22 heavy (non-hydrogen) atoms. The lowest BCUT2D eigenvalue weighted by Gasteiger charge is -2.51. The summed E-state index contributed by atoms with van der Waals surface area (Å²) in [7, 11) is 0. The average molecular weight is 310 g/mol. The molecule has 1 aliphatic heterocycles. The first-order valence-corrected chi connectivity index (χ1v) is 7.66. The van der Waals surface area contributed by atoms with Gasteiger partial charge in [0.2, 0.25) is 0 Å². The van der Waals surface area contributed by atoms with E-state index in [2.05, 4.69) is 10.6 Å². The van der Waals surface area contributed by atoms with Gasteiger partial charge < -0.3 is 15.4 Å². The summed E-state index contributed by atoms with van der Waals surface area (Å²) in [5.74, 6) is -1.30. The van der Waals surface area contributed by atoms with Gasteiger partial charge in [0, 0.05) is 24.8 Å². The first-order valence-electron chi connectivity index (χ1n) is 7.66. The molecule has 1 heterocycles. The quantitative estimate of drug-likeness (QED) is 0.902. The van der Waals surface area contributed by atoms with Gasteiger partial charge in [-0.2, -0.15) is 0 Å². The lowest BCUT2D eigenvalue weighted by atomic mass is 9.60. The van der Waals surface area contributed by atoms with E-state index in [1.165, 1.54) is 18.2 Å². The van der Waals surface area contributed by atoms with Crippen molar-refractivity contribution in [3.05, 3.63) is 35.4 Å². The average Bonchev–Trinajstić information content (AvgIpc) is 2.52. The Morgan fingerprint density at radius 2 is 1.91 bits per heavy atom. The second-order valence-corrected chi connectivity index (χ2v) is 6.09. The number of carbonyl (C=O) groups excluding carboxylic acids is 1. The number of hydrogen-bond donors (Lipinski definition) is 2. The van der Waals surface area contributed by atoms with Crippen LogP contribution in [0.15, 0.2) is 18.2 Å². The Morgan fingerprint density at radius 1 is 1.23 bits per heavy atom. The van der Waals surface area contributed by atoms with Gasteiger partial charge in [-0.05, 0) is 43.2 Å². The van der Waals surface area contributed by atoms with Crippen LogP contribution < -0.4 is 10.6 Å². The van der Waals surface area contributed by atoms with Crippen LogP contribution in [0.25, 0.3) is 0 Å². The number of halogens is 2. The molecular formula is C16H20F2N2O2. The molecule has 1 unspecified atom stereocenters. The summed E-state index contributed by atoms with van der Waals surface area (Å²) in [4.78, 5) is 12.0. The zero-order chi connectivity index (χ0) is 15.6. The smallest absolute Gasteiger partial charge is 0.315 e. The van der Waals surface area contributed by atoms with Gasteiger partial charge in [0.05, 0.1) is 6.54 Å². The van der Waals surface area contributed by atoms with E-state index in [-0.39, 0.29) is 29.6 Å². The number of benzene rings is 1. The van der Waals surface area contributed by atoms with Crippen molar-refractivity contribution in [3.8, 4) is 0 Å². The molecule has 1 aromatic carbocycles. The van der Waals surface area contributed by atoms with E-state index in [1.807, 2.05) is 0 Å². The van der Waals surface area contributed by atoms with Crippen molar-refractivity contribution in [2.75, 3.05) is 13.2 Å². The second kappa shape index (κ2) is 6.20. The van der Waals surface area contributed by atoms with Gasteiger partial charge in [0.15, 0.2) is 0 Å². The third-order valence-corrected chi connectivity index (χ3v) is 4.95. The number of carbonyl (C=O) groups is 1. The van der Waals surface area contributed by atoms with Crippen LogP contribution in [-0.2, 0) is 11.3 Å². The van der Waals surface area contributed by atoms with Crippen molar-refractivity contribution >= 4 is 6.03 Å². The predicted octanol–water partition coefficient (Wildman–Crippen LogP) is 2.72. The van der Waals surface area contributed by atoms with Crippen LogP contribution in [-0.4, -0.2) is 25.3 Å². The summed E-state index contributed by atoms with van der Waals surface area (Å²) in [5.41, 5.74) is 0.0331. The second-order valence-electron chi connectivity index (χ2n) is 6.09. The normalized spacial score (nSPS) is 22.9. The van der Waals surface area contributed by atoms with E-state index in [4.69, 9.17) is 4.74 Å². The van der Waals surface area contributed by atoms with Crippen LogP contribution in [0, 0.1) is 17.0 Å². The van der Waals surface area contributed by atoms with Crippen LogP contribution in [0.2, 0.25) is 0 Å². The van der Waals surface area contributed by atoms with Crippen LogP contribution >= 0.6 is 0 Å². The molecule has 6 heteroatoms. The Hall–Kier alpha value is -1.69. The summed E-state index contributed by atoms with van der Waals surface area (Å²) >= 11 is 0. The van der Waals surface area contributed by atoms with E-state index >= 15 is 0 Å². The Kier molecular flexibility index (Phi) is 4.29. The van der Waals surface area contributed by atoms with Crippen molar-refractivity contribution in [2.24, 2.45) is 5.41 Å². The fourth-order valence-corrected chi connectivity index (χ4v) is 3.38. The number of urea groups is 1. The van der Waals surface area contributed by atoms with Gasteiger partial charge in [-0.1, -0.05) is 6.07 Å². The first kappa shape index (κ1) is 15.2. The monoisotopic (exact) mass is 310 g/mol. The molecule has 4 nitrogen and oxygen atoms in total. The van der Waals surface area contributed by atoms with Gasteiger partial charge >= 0.3 is 6.03 Å². The van der Waals surface area contributed by atoms with Crippen molar-refractivity contribution in [3.63, 3.8) is 0 Å². The minimum absolute atomic E-state index is 0.118. The van der Waals surface area contributed by atoms with Gasteiger partial charge in [0.25, 0.3) is 0 Å². The largest absolute Gasteiger partial charge is 0.381 e. The lowest BCUT2D eigenvalue weighted by Crippen LogP contribution is -2.58. The van der Waals surface area contributed by atoms with Crippen molar-refractivity contribution in [2.45, 2.75) is 38.3 Å². The third kappa shape index (κ3) is 2.92. The van der Waals surface area contributed by atoms with Crippen LogP contribution in [0.4, 0.5) is 13.6 Å². The SMILES string of the molecule is O=C(NCc1c(F)cccc1F)NC1CCC12CCOCC2. The van der Waals surface area contributed by atoms with Gasteiger partial charge in [-0.15, -0.1) is 0 Å². The summed E-state index contributed by atoms with van der Waals surface area (Å²) < 4.78 is 32.4. The highest BCUT2D eigenvalue weighted by Crippen LogP contribution is 2.48. The Morgan fingerprint density at radius 3 is 2.50 bits per heavy atom. The van der Waals surface area contributed by atoms with Crippen LogP contribution in [0.5, 0.6) is 0 Å². The van der Waals surface area contributed by atoms with Crippen LogP contribution in [0.3, 0.4) is 0 Å². The number of hydrogen-bond acceptors (Lipinski definition) is 2. The molecule has 1 saturated carbocycles. The molecule has 0 bridgehead atoms. The molecule has 1 spiro atoms. The minimum atomic E-state index is -0.648.